The first kappa shape index (κ1) is 27.5. The largest absolute Gasteiger partial charge is 0.426 e. The molecule has 9 nitrogen and oxygen atoms in total. The fraction of sp³-hybridized carbons (Fsp3) is 0.393. The lowest BCUT2D eigenvalue weighted by Gasteiger charge is -2.32. The molecule has 0 spiro atoms. The summed E-state index contributed by atoms with van der Waals surface area (Å²) in [5.74, 6) is -0.878. The van der Waals surface area contributed by atoms with Crippen LogP contribution in [0, 0.1) is 10.1 Å². The summed E-state index contributed by atoms with van der Waals surface area (Å²) in [5, 5.41) is 19.6. The second-order valence-electron chi connectivity index (χ2n) is 10.0. The Kier molecular flexibility index (Phi) is 7.45. The number of rotatable bonds is 5. The molecule has 5 rings (SSSR count). The first-order valence-corrected chi connectivity index (χ1v) is 13.0. The Labute approximate surface area is 228 Å². The van der Waals surface area contributed by atoms with E-state index in [-0.39, 0.29) is 24.8 Å². The number of nitrogens with zero attached hydrogens (tertiary/aromatic N) is 5. The van der Waals surface area contributed by atoms with E-state index in [1.165, 1.54) is 6.07 Å². The van der Waals surface area contributed by atoms with Crippen molar-refractivity contribution in [2.45, 2.75) is 63.5 Å². The predicted octanol–water partition coefficient (Wildman–Crippen LogP) is 6.76. The number of ether oxygens (including phenoxy) is 1. The van der Waals surface area contributed by atoms with E-state index in [9.17, 15) is 23.3 Å². The molecule has 2 aromatic heterocycles. The number of alkyl halides is 3. The lowest BCUT2D eigenvalue weighted by molar-refractivity contribution is -0.384. The first-order valence-electron chi connectivity index (χ1n) is 13.0. The molecule has 0 amide bonds. The van der Waals surface area contributed by atoms with Crippen LogP contribution in [-0.4, -0.2) is 38.9 Å². The van der Waals surface area contributed by atoms with Gasteiger partial charge in [-0.2, -0.15) is 13.2 Å². The van der Waals surface area contributed by atoms with Gasteiger partial charge in [0.25, 0.3) is 11.8 Å². The van der Waals surface area contributed by atoms with Gasteiger partial charge in [0.1, 0.15) is 5.82 Å². The number of halogens is 3. The molecule has 4 heterocycles. The molecule has 4 bridgehead atoms. The molecular formula is C28H28F3N5O4. The van der Waals surface area contributed by atoms with Crippen molar-refractivity contribution in [3.05, 3.63) is 82.3 Å². The quantitative estimate of drug-likeness (QED) is 0.193. The third-order valence-corrected chi connectivity index (χ3v) is 7.28. The number of pyridine rings is 1. The van der Waals surface area contributed by atoms with Crippen molar-refractivity contribution >= 4 is 17.1 Å². The van der Waals surface area contributed by atoms with E-state index in [0.717, 1.165) is 12.8 Å². The molecule has 0 saturated carbocycles. The summed E-state index contributed by atoms with van der Waals surface area (Å²) in [5.41, 5.74) is -2.15. The van der Waals surface area contributed by atoms with Crippen LogP contribution >= 0.6 is 0 Å². The van der Waals surface area contributed by atoms with Crippen LogP contribution in [0.5, 0.6) is 0 Å². The number of anilines is 1. The Morgan fingerprint density at radius 1 is 1.27 bits per heavy atom. The fourth-order valence-corrected chi connectivity index (χ4v) is 5.19. The highest BCUT2D eigenvalue weighted by molar-refractivity contribution is 5.79. The van der Waals surface area contributed by atoms with Crippen LogP contribution in [0.1, 0.15) is 56.0 Å². The molecule has 2 aliphatic rings. The Morgan fingerprint density at radius 2 is 2.05 bits per heavy atom. The summed E-state index contributed by atoms with van der Waals surface area (Å²) in [4.78, 5) is 18.0. The van der Waals surface area contributed by atoms with Gasteiger partial charge in [-0.25, -0.2) is 4.98 Å². The van der Waals surface area contributed by atoms with Crippen LogP contribution in [0.4, 0.5) is 24.7 Å². The van der Waals surface area contributed by atoms with E-state index < -0.39 is 40.6 Å². The van der Waals surface area contributed by atoms with Gasteiger partial charge in [-0.3, -0.25) is 10.1 Å². The molecule has 0 N–H and O–H groups in total. The lowest BCUT2D eigenvalue weighted by atomic mass is 9.95. The number of benzene rings is 1. The van der Waals surface area contributed by atoms with Gasteiger partial charge in [0.2, 0.25) is 11.3 Å². The third-order valence-electron chi connectivity index (χ3n) is 7.28. The average Bonchev–Trinajstić information content (AvgIpc) is 3.59. The van der Waals surface area contributed by atoms with Crippen LogP contribution < -0.4 is 4.90 Å². The van der Waals surface area contributed by atoms with Gasteiger partial charge in [0.05, 0.1) is 11.5 Å². The zero-order valence-electron chi connectivity index (χ0n) is 21.9. The van der Waals surface area contributed by atoms with Gasteiger partial charge in [-0.05, 0) is 50.2 Å². The zero-order chi connectivity index (χ0) is 28.5. The van der Waals surface area contributed by atoms with E-state index >= 15 is 0 Å². The minimum absolute atomic E-state index is 0.0130. The summed E-state index contributed by atoms with van der Waals surface area (Å²) in [6.45, 7) is 5.99. The average molecular weight is 556 g/mol. The van der Waals surface area contributed by atoms with E-state index in [0.29, 0.717) is 35.5 Å². The number of hydrogen-bond donors (Lipinski definition) is 0. The van der Waals surface area contributed by atoms with Crippen molar-refractivity contribution in [2.24, 2.45) is 0 Å². The maximum absolute atomic E-state index is 14.9. The third kappa shape index (κ3) is 5.10. The standard InChI is InChI=1S/C28H28F3N5O4/c1-18(2)21-16-22(36(37)38)23-25-33-34-26(40-25)27(28(29,30)31,39-17-19-10-5-3-6-11-19)14-8-4-7-12-20-13-9-15-35(20)24(21)32-23/h3-7,10-11,16,20H,1,8-9,12-15,17H2,2H3/t20-,27?/m1/s1. The molecule has 12 heteroatoms. The molecule has 0 radical (unpaired) electrons. The number of hydrogen-bond acceptors (Lipinski definition) is 8. The SMILES string of the molecule is C=C(C)c1cc([N+](=O)[O-])c2nc1N1CCC[C@H]1CC=CCCC(OCc1ccccc1)(C(F)(F)F)c1nnc-2o1. The molecule has 1 unspecified atom stereocenters. The number of fused-ring (bicyclic) bond motifs is 7. The number of allylic oxidation sites excluding steroid dienone is 2. The molecule has 2 aliphatic heterocycles. The molecule has 0 aliphatic carbocycles. The smallest absolute Gasteiger partial charge is 0.415 e. The van der Waals surface area contributed by atoms with E-state index in [1.54, 1.807) is 43.3 Å². The second kappa shape index (κ2) is 10.8. The van der Waals surface area contributed by atoms with Gasteiger partial charge >= 0.3 is 11.9 Å². The minimum Gasteiger partial charge on any atom is -0.415 e. The molecule has 210 valence electrons. The van der Waals surface area contributed by atoms with E-state index in [1.807, 2.05) is 6.08 Å². The van der Waals surface area contributed by atoms with Gasteiger partial charge in [0.15, 0.2) is 0 Å². The van der Waals surface area contributed by atoms with Crippen molar-refractivity contribution in [1.82, 2.24) is 15.2 Å². The van der Waals surface area contributed by atoms with Crippen molar-refractivity contribution in [3.8, 4) is 11.6 Å². The minimum atomic E-state index is -4.94. The highest BCUT2D eigenvalue weighted by atomic mass is 19.4. The number of aromatic nitrogens is 3. The monoisotopic (exact) mass is 555 g/mol. The molecule has 1 aromatic carbocycles. The summed E-state index contributed by atoms with van der Waals surface area (Å²) < 4.78 is 55.8. The molecule has 1 fully saturated rings. The van der Waals surface area contributed by atoms with Crippen molar-refractivity contribution in [3.63, 3.8) is 0 Å². The van der Waals surface area contributed by atoms with Crippen LogP contribution in [0.2, 0.25) is 0 Å². The Hall–Kier alpha value is -4.06. The normalized spacial score (nSPS) is 21.1. The van der Waals surface area contributed by atoms with Crippen molar-refractivity contribution in [1.29, 1.82) is 0 Å². The summed E-state index contributed by atoms with van der Waals surface area (Å²) in [7, 11) is 0. The Bertz CT molecular complexity index is 1440. The van der Waals surface area contributed by atoms with Crippen LogP contribution in [0.25, 0.3) is 17.2 Å². The molecule has 1 saturated heterocycles. The summed E-state index contributed by atoms with van der Waals surface area (Å²) in [6.07, 6.45) is 0.422. The topological polar surface area (TPSA) is 107 Å². The maximum atomic E-state index is 14.9. The molecule has 40 heavy (non-hydrogen) atoms. The highest BCUT2D eigenvalue weighted by Crippen LogP contribution is 2.47. The summed E-state index contributed by atoms with van der Waals surface area (Å²) >= 11 is 0. The van der Waals surface area contributed by atoms with Gasteiger partial charge in [-0.15, -0.1) is 10.2 Å². The van der Waals surface area contributed by atoms with E-state index in [4.69, 9.17) is 9.15 Å². The highest BCUT2D eigenvalue weighted by Gasteiger charge is 2.61. The zero-order valence-corrected chi connectivity index (χ0v) is 21.9. The maximum Gasteiger partial charge on any atom is 0.426 e. The van der Waals surface area contributed by atoms with Gasteiger partial charge in [0, 0.05) is 24.2 Å². The van der Waals surface area contributed by atoms with Crippen LogP contribution in [-0.2, 0) is 16.9 Å². The van der Waals surface area contributed by atoms with Crippen LogP contribution in [0.15, 0.2) is 59.5 Å². The Balaban J connectivity index is 1.69. The summed E-state index contributed by atoms with van der Waals surface area (Å²) in [6, 6.07) is 9.78. The number of nitro groups is 1. The molecular weight excluding hydrogens is 527 g/mol. The first-order chi connectivity index (χ1) is 19.1. The van der Waals surface area contributed by atoms with Crippen molar-refractivity contribution in [2.75, 3.05) is 11.4 Å². The second-order valence-corrected chi connectivity index (χ2v) is 10.0. The van der Waals surface area contributed by atoms with Crippen LogP contribution in [0.3, 0.4) is 0 Å². The van der Waals surface area contributed by atoms with Gasteiger partial charge in [-0.1, -0.05) is 49.1 Å². The van der Waals surface area contributed by atoms with Crippen molar-refractivity contribution < 1.29 is 27.2 Å². The molecule has 2 atom stereocenters. The fourth-order valence-electron chi connectivity index (χ4n) is 5.19. The van der Waals surface area contributed by atoms with E-state index in [2.05, 4.69) is 26.7 Å². The predicted molar refractivity (Wildman–Crippen MR) is 141 cm³/mol. The Morgan fingerprint density at radius 3 is 2.75 bits per heavy atom. The molecule has 3 aromatic rings. The van der Waals surface area contributed by atoms with Gasteiger partial charge < -0.3 is 14.1 Å². The lowest BCUT2D eigenvalue weighted by Crippen LogP contribution is -2.45.